The van der Waals surface area contributed by atoms with Crippen molar-refractivity contribution in [3.05, 3.63) is 47.7 Å². The van der Waals surface area contributed by atoms with E-state index in [0.717, 1.165) is 12.1 Å². The molecule has 1 aromatic heterocycles. The van der Waals surface area contributed by atoms with Crippen LogP contribution in [0.4, 0.5) is 20.3 Å². The first-order valence-electron chi connectivity index (χ1n) is 8.05. The van der Waals surface area contributed by atoms with E-state index in [1.807, 2.05) is 4.90 Å². The van der Waals surface area contributed by atoms with Crippen LogP contribution in [0.5, 0.6) is 0 Å². The maximum absolute atomic E-state index is 13.6. The maximum Gasteiger partial charge on any atom is 0.276 e. The lowest BCUT2D eigenvalue weighted by Crippen LogP contribution is -2.48. The maximum atomic E-state index is 13.6. The van der Waals surface area contributed by atoms with Crippen molar-refractivity contribution < 1.29 is 18.4 Å². The Morgan fingerprint density at radius 1 is 1.00 bits per heavy atom. The summed E-state index contributed by atoms with van der Waals surface area (Å²) < 4.78 is 27.2. The van der Waals surface area contributed by atoms with Crippen molar-refractivity contribution >= 4 is 23.3 Å². The minimum absolute atomic E-state index is 0.0307. The fourth-order valence-electron chi connectivity index (χ4n) is 2.66. The molecule has 136 valence electrons. The van der Waals surface area contributed by atoms with Crippen molar-refractivity contribution in [3.8, 4) is 0 Å². The Hall–Kier alpha value is -3.10. The molecule has 3 rings (SSSR count). The molecule has 1 aromatic carbocycles. The Labute approximate surface area is 148 Å². The number of rotatable bonds is 3. The summed E-state index contributed by atoms with van der Waals surface area (Å²) >= 11 is 0. The van der Waals surface area contributed by atoms with Gasteiger partial charge in [-0.15, -0.1) is 10.2 Å². The van der Waals surface area contributed by atoms with Gasteiger partial charge in [-0.3, -0.25) is 9.59 Å². The highest BCUT2D eigenvalue weighted by Gasteiger charge is 2.20. The third-order valence-corrected chi connectivity index (χ3v) is 4.13. The second kappa shape index (κ2) is 7.42. The van der Waals surface area contributed by atoms with Crippen LogP contribution in [0.1, 0.15) is 17.4 Å². The molecule has 2 amide bonds. The smallest absolute Gasteiger partial charge is 0.276 e. The predicted molar refractivity (Wildman–Crippen MR) is 90.8 cm³/mol. The Morgan fingerprint density at radius 3 is 2.19 bits per heavy atom. The highest BCUT2D eigenvalue weighted by molar-refractivity contribution is 6.02. The molecule has 2 heterocycles. The molecule has 0 unspecified atom stereocenters. The van der Waals surface area contributed by atoms with E-state index in [-0.39, 0.29) is 11.6 Å². The van der Waals surface area contributed by atoms with Crippen molar-refractivity contribution in [1.82, 2.24) is 15.1 Å². The third kappa shape index (κ3) is 3.76. The molecule has 0 bridgehead atoms. The first kappa shape index (κ1) is 17.7. The van der Waals surface area contributed by atoms with Crippen molar-refractivity contribution in [2.75, 3.05) is 36.4 Å². The molecule has 9 heteroatoms. The topological polar surface area (TPSA) is 78.4 Å². The monoisotopic (exact) mass is 361 g/mol. The molecule has 0 spiro atoms. The van der Waals surface area contributed by atoms with E-state index >= 15 is 0 Å². The van der Waals surface area contributed by atoms with Gasteiger partial charge in [-0.25, -0.2) is 8.78 Å². The molecule has 0 radical (unpaired) electrons. The number of hydrogen-bond acceptors (Lipinski definition) is 5. The van der Waals surface area contributed by atoms with Crippen molar-refractivity contribution in [3.63, 3.8) is 0 Å². The molecule has 1 saturated heterocycles. The number of anilines is 2. The molecular formula is C17H17F2N5O2. The van der Waals surface area contributed by atoms with Crippen molar-refractivity contribution in [1.29, 1.82) is 0 Å². The number of hydrogen-bond donors (Lipinski definition) is 1. The molecule has 0 saturated carbocycles. The molecule has 0 aliphatic carbocycles. The summed E-state index contributed by atoms with van der Waals surface area (Å²) in [4.78, 5) is 27.2. The van der Waals surface area contributed by atoms with Crippen LogP contribution >= 0.6 is 0 Å². The van der Waals surface area contributed by atoms with Gasteiger partial charge < -0.3 is 15.1 Å². The largest absolute Gasteiger partial charge is 0.352 e. The third-order valence-electron chi connectivity index (χ3n) is 4.13. The lowest BCUT2D eigenvalue weighted by molar-refractivity contribution is -0.129. The van der Waals surface area contributed by atoms with E-state index < -0.39 is 23.2 Å². The Balaban J connectivity index is 1.66. The van der Waals surface area contributed by atoms with Gasteiger partial charge in [-0.1, -0.05) is 6.07 Å². The Kier molecular flexibility index (Phi) is 5.06. The molecule has 0 atom stereocenters. The van der Waals surface area contributed by atoms with Crippen LogP contribution in [-0.4, -0.2) is 53.1 Å². The Bertz CT molecular complexity index is 800. The van der Waals surface area contributed by atoms with Gasteiger partial charge in [0.1, 0.15) is 17.3 Å². The van der Waals surface area contributed by atoms with Gasteiger partial charge >= 0.3 is 0 Å². The molecule has 1 fully saturated rings. The summed E-state index contributed by atoms with van der Waals surface area (Å²) in [5, 5.41) is 10.0. The van der Waals surface area contributed by atoms with Crippen molar-refractivity contribution in [2.24, 2.45) is 0 Å². The van der Waals surface area contributed by atoms with E-state index in [4.69, 9.17) is 0 Å². The first-order chi connectivity index (χ1) is 12.5. The fraction of sp³-hybridized carbons (Fsp3) is 0.294. The second-order valence-electron chi connectivity index (χ2n) is 5.82. The molecule has 7 nitrogen and oxygen atoms in total. The number of nitrogens with one attached hydrogen (secondary N) is 1. The van der Waals surface area contributed by atoms with Gasteiger partial charge in [0.05, 0.1) is 0 Å². The number of amides is 2. The average Bonchev–Trinajstić information content (AvgIpc) is 2.65. The number of halogens is 2. The molecule has 26 heavy (non-hydrogen) atoms. The summed E-state index contributed by atoms with van der Waals surface area (Å²) in [6.07, 6.45) is 0. The van der Waals surface area contributed by atoms with Crippen LogP contribution in [0.25, 0.3) is 0 Å². The lowest BCUT2D eigenvalue weighted by Gasteiger charge is -2.34. The number of piperazine rings is 1. The van der Waals surface area contributed by atoms with Crippen LogP contribution < -0.4 is 10.2 Å². The molecule has 1 N–H and O–H groups in total. The summed E-state index contributed by atoms with van der Waals surface area (Å²) in [7, 11) is 0. The van der Waals surface area contributed by atoms with Gasteiger partial charge in [0.2, 0.25) is 5.91 Å². The van der Waals surface area contributed by atoms with E-state index in [1.54, 1.807) is 11.0 Å². The van der Waals surface area contributed by atoms with Gasteiger partial charge in [-0.2, -0.15) is 0 Å². The zero-order valence-electron chi connectivity index (χ0n) is 14.1. The highest BCUT2D eigenvalue weighted by Crippen LogP contribution is 2.19. The second-order valence-corrected chi connectivity index (χ2v) is 5.82. The molecule has 1 aliphatic rings. The minimum Gasteiger partial charge on any atom is -0.352 e. The van der Waals surface area contributed by atoms with Gasteiger partial charge in [-0.05, 0) is 24.3 Å². The summed E-state index contributed by atoms with van der Waals surface area (Å²) in [5.41, 5.74) is -0.581. The van der Waals surface area contributed by atoms with Crippen LogP contribution in [0.15, 0.2) is 30.3 Å². The van der Waals surface area contributed by atoms with E-state index in [1.165, 1.54) is 19.1 Å². The zero-order chi connectivity index (χ0) is 18.7. The van der Waals surface area contributed by atoms with Crippen LogP contribution in [0, 0.1) is 11.6 Å². The zero-order valence-corrected chi connectivity index (χ0v) is 14.1. The summed E-state index contributed by atoms with van der Waals surface area (Å²) in [6.45, 7) is 3.93. The highest BCUT2D eigenvalue weighted by atomic mass is 19.1. The summed E-state index contributed by atoms with van der Waals surface area (Å²) in [5.74, 6) is -1.89. The molecular weight excluding hydrogens is 344 g/mol. The number of carbonyl (C=O) groups excluding carboxylic acids is 2. The van der Waals surface area contributed by atoms with Gasteiger partial charge in [0.15, 0.2) is 11.5 Å². The Morgan fingerprint density at radius 2 is 1.65 bits per heavy atom. The number of carbonyl (C=O) groups is 2. The predicted octanol–water partition coefficient (Wildman–Crippen LogP) is 1.68. The van der Waals surface area contributed by atoms with Crippen molar-refractivity contribution in [2.45, 2.75) is 6.92 Å². The fourth-order valence-corrected chi connectivity index (χ4v) is 2.66. The number of benzene rings is 1. The van der Waals surface area contributed by atoms with Crippen LogP contribution in [0.2, 0.25) is 0 Å². The average molecular weight is 361 g/mol. The molecule has 1 aliphatic heterocycles. The van der Waals surface area contributed by atoms with E-state index in [9.17, 15) is 18.4 Å². The van der Waals surface area contributed by atoms with Crippen LogP contribution in [0.3, 0.4) is 0 Å². The normalized spacial score (nSPS) is 14.3. The van der Waals surface area contributed by atoms with Gasteiger partial charge in [0.25, 0.3) is 5.91 Å². The molecule has 2 aromatic rings. The van der Waals surface area contributed by atoms with E-state index in [2.05, 4.69) is 15.5 Å². The first-order valence-corrected chi connectivity index (χ1v) is 8.05. The lowest BCUT2D eigenvalue weighted by atomic mass is 10.2. The quantitative estimate of drug-likeness (QED) is 0.900. The van der Waals surface area contributed by atoms with E-state index in [0.29, 0.717) is 32.0 Å². The summed E-state index contributed by atoms with van der Waals surface area (Å²) in [6, 6.07) is 6.36. The number of para-hydroxylation sites is 1. The van der Waals surface area contributed by atoms with Crippen LogP contribution in [-0.2, 0) is 4.79 Å². The number of nitrogens with zero attached hydrogens (tertiary/aromatic N) is 4. The number of aromatic nitrogens is 2. The van der Waals surface area contributed by atoms with Gasteiger partial charge in [0, 0.05) is 33.1 Å². The SMILES string of the molecule is CC(=O)N1CCN(c2ccc(C(=O)Nc3c(F)cccc3F)nn2)CC1. The standard InChI is InChI=1S/C17H17F2N5O2/c1-11(25)23-7-9-24(10-8-23)15-6-5-14(21-22-15)17(26)20-16-12(18)3-2-4-13(16)19/h2-6H,7-10H2,1H3,(H,20,26). The minimum atomic E-state index is -0.869.